The molecule has 1 heterocycles. The highest BCUT2D eigenvalue weighted by atomic mass is 79.9. The second kappa shape index (κ2) is 4.16. The van der Waals surface area contributed by atoms with E-state index in [1.54, 1.807) is 0 Å². The van der Waals surface area contributed by atoms with E-state index in [9.17, 15) is 4.79 Å². The number of rotatable bonds is 2. The number of hydrogen-bond donors (Lipinski definition) is 1. The molecule has 0 atom stereocenters. The number of amides is 1. The lowest BCUT2D eigenvalue weighted by molar-refractivity contribution is 0.100. The topological polar surface area (TPSA) is 43.1 Å². The van der Waals surface area contributed by atoms with Crippen LogP contribution in [0, 0.1) is 0 Å². The molecule has 1 amide bonds. The summed E-state index contributed by atoms with van der Waals surface area (Å²) in [5.41, 5.74) is 7.20. The summed E-state index contributed by atoms with van der Waals surface area (Å²) in [5, 5.41) is 1.87. The first kappa shape index (κ1) is 10.4. The number of primary amides is 1. The highest BCUT2D eigenvalue weighted by Crippen LogP contribution is 2.28. The van der Waals surface area contributed by atoms with E-state index in [1.807, 2.05) is 35.7 Å². The Morgan fingerprint density at radius 3 is 2.47 bits per heavy atom. The number of carbonyl (C=O) groups is 1. The van der Waals surface area contributed by atoms with E-state index < -0.39 is 0 Å². The molecule has 0 spiro atoms. The van der Waals surface area contributed by atoms with Crippen molar-refractivity contribution in [2.45, 2.75) is 0 Å². The van der Waals surface area contributed by atoms with Crippen molar-refractivity contribution < 1.29 is 4.79 Å². The van der Waals surface area contributed by atoms with Crippen molar-refractivity contribution in [3.05, 3.63) is 45.1 Å². The molecule has 1 aromatic heterocycles. The second-order valence-corrected chi connectivity index (χ2v) is 4.87. The molecule has 15 heavy (non-hydrogen) atoms. The summed E-state index contributed by atoms with van der Waals surface area (Å²) in [5.74, 6) is -0.372. The maximum atomic E-state index is 11.1. The lowest BCUT2D eigenvalue weighted by Crippen LogP contribution is -2.09. The predicted octanol–water partition coefficient (Wildman–Crippen LogP) is 3.28. The summed E-state index contributed by atoms with van der Waals surface area (Å²) in [6.45, 7) is 0. The molecular weight excluding hydrogens is 274 g/mol. The molecule has 0 aliphatic carbocycles. The molecule has 1 aromatic carbocycles. The van der Waals surface area contributed by atoms with Gasteiger partial charge in [-0.15, -0.1) is 11.3 Å². The molecule has 0 aliphatic rings. The highest BCUT2D eigenvalue weighted by molar-refractivity contribution is 9.10. The molecule has 2 nitrogen and oxygen atoms in total. The number of hydrogen-bond acceptors (Lipinski definition) is 2. The van der Waals surface area contributed by atoms with E-state index in [-0.39, 0.29) is 5.91 Å². The van der Waals surface area contributed by atoms with Gasteiger partial charge >= 0.3 is 0 Å². The Labute approximate surface area is 99.9 Å². The van der Waals surface area contributed by atoms with Crippen LogP contribution in [0.3, 0.4) is 0 Å². The molecule has 0 saturated carbocycles. The second-order valence-electron chi connectivity index (χ2n) is 3.03. The molecule has 0 saturated heterocycles. The lowest BCUT2D eigenvalue weighted by Gasteiger charge is -2.00. The van der Waals surface area contributed by atoms with Gasteiger partial charge in [0.2, 0.25) is 0 Å². The van der Waals surface area contributed by atoms with Crippen LogP contribution in [-0.4, -0.2) is 5.91 Å². The van der Waals surface area contributed by atoms with Gasteiger partial charge in [0, 0.05) is 10.0 Å². The number of benzene rings is 1. The summed E-state index contributed by atoms with van der Waals surface area (Å²) >= 11 is 4.74. The zero-order valence-electron chi connectivity index (χ0n) is 7.74. The first-order chi connectivity index (χ1) is 7.18. The molecule has 0 radical (unpaired) electrons. The third-order valence-electron chi connectivity index (χ3n) is 2.04. The Morgan fingerprint density at radius 2 is 1.87 bits per heavy atom. The van der Waals surface area contributed by atoms with Crippen molar-refractivity contribution in [2.24, 2.45) is 5.73 Å². The minimum Gasteiger partial charge on any atom is -0.365 e. The number of thiophene rings is 1. The van der Waals surface area contributed by atoms with Crippen LogP contribution in [0.25, 0.3) is 11.1 Å². The van der Waals surface area contributed by atoms with E-state index in [1.165, 1.54) is 11.3 Å². The molecule has 2 N–H and O–H groups in total. The average molecular weight is 282 g/mol. The van der Waals surface area contributed by atoms with E-state index in [4.69, 9.17) is 5.73 Å². The Bertz CT molecular complexity index is 490. The van der Waals surface area contributed by atoms with Crippen LogP contribution in [0.1, 0.15) is 9.67 Å². The first-order valence-corrected chi connectivity index (χ1v) is 5.99. The summed E-state index contributed by atoms with van der Waals surface area (Å²) in [6.07, 6.45) is 0. The van der Waals surface area contributed by atoms with Crippen LogP contribution in [-0.2, 0) is 0 Å². The van der Waals surface area contributed by atoms with Gasteiger partial charge < -0.3 is 5.73 Å². The Kier molecular flexibility index (Phi) is 2.88. The summed E-state index contributed by atoms with van der Waals surface area (Å²) < 4.78 is 1.02. The third kappa shape index (κ3) is 2.11. The molecule has 0 fully saturated rings. The van der Waals surface area contributed by atoms with E-state index in [2.05, 4.69) is 15.9 Å². The molecule has 4 heteroatoms. The van der Waals surface area contributed by atoms with Gasteiger partial charge in [0.15, 0.2) is 0 Å². The SMILES string of the molecule is NC(=O)c1sccc1-c1ccc(Br)cc1. The lowest BCUT2D eigenvalue weighted by atomic mass is 10.1. The van der Waals surface area contributed by atoms with Crippen LogP contribution in [0.4, 0.5) is 0 Å². The fourth-order valence-electron chi connectivity index (χ4n) is 1.36. The van der Waals surface area contributed by atoms with Crippen LogP contribution in [0.15, 0.2) is 40.2 Å². The van der Waals surface area contributed by atoms with Crippen LogP contribution in [0.5, 0.6) is 0 Å². The standard InChI is InChI=1S/C11H8BrNOS/c12-8-3-1-7(2-4-8)9-5-6-15-10(9)11(13)14/h1-6H,(H2,13,14). The minimum absolute atomic E-state index is 0.372. The first-order valence-electron chi connectivity index (χ1n) is 4.31. The van der Waals surface area contributed by atoms with Crippen molar-refractivity contribution in [3.63, 3.8) is 0 Å². The Balaban J connectivity index is 2.49. The van der Waals surface area contributed by atoms with Crippen molar-refractivity contribution in [1.29, 1.82) is 0 Å². The smallest absolute Gasteiger partial charge is 0.259 e. The number of halogens is 1. The highest BCUT2D eigenvalue weighted by Gasteiger charge is 2.10. The number of carbonyl (C=O) groups excluding carboxylic acids is 1. The van der Waals surface area contributed by atoms with Gasteiger partial charge in [0.1, 0.15) is 0 Å². The summed E-state index contributed by atoms with van der Waals surface area (Å²) in [7, 11) is 0. The Hall–Kier alpha value is -1.13. The van der Waals surface area contributed by atoms with Gasteiger partial charge in [-0.3, -0.25) is 4.79 Å². The van der Waals surface area contributed by atoms with Crippen LogP contribution >= 0.6 is 27.3 Å². The molecular formula is C11H8BrNOS. The minimum atomic E-state index is -0.372. The fourth-order valence-corrected chi connectivity index (χ4v) is 2.39. The normalized spacial score (nSPS) is 10.2. The van der Waals surface area contributed by atoms with Crippen molar-refractivity contribution in [2.75, 3.05) is 0 Å². The van der Waals surface area contributed by atoms with Crippen LogP contribution in [0.2, 0.25) is 0 Å². The van der Waals surface area contributed by atoms with Gasteiger partial charge in [-0.25, -0.2) is 0 Å². The third-order valence-corrected chi connectivity index (χ3v) is 3.50. The maximum Gasteiger partial charge on any atom is 0.259 e. The largest absolute Gasteiger partial charge is 0.365 e. The molecule has 76 valence electrons. The van der Waals surface area contributed by atoms with Gasteiger partial charge in [0.25, 0.3) is 5.91 Å². The summed E-state index contributed by atoms with van der Waals surface area (Å²) in [6, 6.07) is 9.71. The zero-order valence-corrected chi connectivity index (χ0v) is 10.1. The maximum absolute atomic E-state index is 11.1. The van der Waals surface area contributed by atoms with Gasteiger partial charge in [-0.05, 0) is 29.1 Å². The monoisotopic (exact) mass is 281 g/mol. The van der Waals surface area contributed by atoms with Crippen molar-refractivity contribution in [3.8, 4) is 11.1 Å². The molecule has 2 rings (SSSR count). The number of nitrogens with two attached hydrogens (primary N) is 1. The Morgan fingerprint density at radius 1 is 1.20 bits per heavy atom. The fraction of sp³-hybridized carbons (Fsp3) is 0. The molecule has 2 aromatic rings. The molecule has 0 unspecified atom stereocenters. The van der Waals surface area contributed by atoms with Gasteiger partial charge in [-0.2, -0.15) is 0 Å². The quantitative estimate of drug-likeness (QED) is 0.902. The van der Waals surface area contributed by atoms with E-state index >= 15 is 0 Å². The predicted molar refractivity (Wildman–Crippen MR) is 66.0 cm³/mol. The summed E-state index contributed by atoms with van der Waals surface area (Å²) in [4.78, 5) is 11.8. The average Bonchev–Trinajstić information content (AvgIpc) is 2.67. The van der Waals surface area contributed by atoms with E-state index in [0.717, 1.165) is 15.6 Å². The van der Waals surface area contributed by atoms with Gasteiger partial charge in [0.05, 0.1) is 4.88 Å². The van der Waals surface area contributed by atoms with Crippen molar-refractivity contribution >= 4 is 33.2 Å². The van der Waals surface area contributed by atoms with Crippen LogP contribution < -0.4 is 5.73 Å². The zero-order chi connectivity index (χ0) is 10.8. The van der Waals surface area contributed by atoms with Gasteiger partial charge in [-0.1, -0.05) is 28.1 Å². The van der Waals surface area contributed by atoms with Crippen molar-refractivity contribution in [1.82, 2.24) is 0 Å². The molecule has 0 bridgehead atoms. The molecule has 0 aliphatic heterocycles. The van der Waals surface area contributed by atoms with E-state index in [0.29, 0.717) is 4.88 Å².